The molecule has 0 aliphatic rings. The van der Waals surface area contributed by atoms with Crippen LogP contribution in [0.2, 0.25) is 0 Å². The molecule has 0 unspecified atom stereocenters. The molecule has 4 aromatic rings. The lowest BCUT2D eigenvalue weighted by molar-refractivity contribution is -0.147. The van der Waals surface area contributed by atoms with Gasteiger partial charge in [-0.05, 0) is 43.3 Å². The summed E-state index contributed by atoms with van der Waals surface area (Å²) in [6.07, 6.45) is 0. The van der Waals surface area contributed by atoms with E-state index in [-0.39, 0.29) is 13.2 Å². The highest BCUT2D eigenvalue weighted by molar-refractivity contribution is 7.13. The van der Waals surface area contributed by atoms with Gasteiger partial charge in [0.15, 0.2) is 18.1 Å². The summed E-state index contributed by atoms with van der Waals surface area (Å²) in [6.45, 7) is 2.20. The van der Waals surface area contributed by atoms with Gasteiger partial charge in [-0.15, -0.1) is 11.3 Å². The summed E-state index contributed by atoms with van der Waals surface area (Å²) >= 11 is 1.44. The third-order valence-corrected chi connectivity index (χ3v) is 5.53. The number of fused-ring (bicyclic) bond motifs is 1. The molecular weight excluding hydrogens is 446 g/mol. The second-order valence-corrected chi connectivity index (χ2v) is 7.70. The molecule has 0 radical (unpaired) electrons. The number of hydrogen-bond acceptors (Lipinski definition) is 9. The number of methoxy groups -OCH3 is 1. The van der Waals surface area contributed by atoms with Crippen molar-refractivity contribution in [2.75, 3.05) is 20.3 Å². The fourth-order valence-electron chi connectivity index (χ4n) is 3.05. The minimum atomic E-state index is -0.540. The van der Waals surface area contributed by atoms with Crippen molar-refractivity contribution in [2.24, 2.45) is 0 Å². The smallest absolute Gasteiger partial charge is 0.344 e. The van der Waals surface area contributed by atoms with Crippen molar-refractivity contribution in [2.45, 2.75) is 13.5 Å². The molecule has 0 N–H and O–H groups in total. The van der Waals surface area contributed by atoms with Crippen LogP contribution < -0.4 is 19.8 Å². The van der Waals surface area contributed by atoms with Crippen molar-refractivity contribution in [1.82, 2.24) is 4.98 Å². The second-order valence-electron chi connectivity index (χ2n) is 6.85. The Bertz CT molecular complexity index is 1330. The zero-order chi connectivity index (χ0) is 23.2. The Labute approximate surface area is 193 Å². The molecule has 0 amide bonds. The Kier molecular flexibility index (Phi) is 6.89. The molecule has 8 nitrogen and oxygen atoms in total. The fraction of sp³-hybridized carbons (Fsp3) is 0.208. The quantitative estimate of drug-likeness (QED) is 0.263. The van der Waals surface area contributed by atoms with E-state index in [1.54, 1.807) is 31.4 Å². The minimum absolute atomic E-state index is 0.0272. The molecule has 33 heavy (non-hydrogen) atoms. The van der Waals surface area contributed by atoms with E-state index in [0.29, 0.717) is 35.1 Å². The summed E-state index contributed by atoms with van der Waals surface area (Å²) < 4.78 is 26.8. The number of aromatic nitrogens is 1. The van der Waals surface area contributed by atoms with Gasteiger partial charge in [0, 0.05) is 28.5 Å². The number of benzene rings is 2. The number of carbonyl (C=O) groups is 1. The minimum Gasteiger partial charge on any atom is -0.493 e. The molecule has 2 aromatic carbocycles. The van der Waals surface area contributed by atoms with E-state index in [1.165, 1.54) is 17.4 Å². The largest absolute Gasteiger partial charge is 0.493 e. The lowest BCUT2D eigenvalue weighted by Gasteiger charge is -2.10. The molecule has 0 fully saturated rings. The highest BCUT2D eigenvalue weighted by Gasteiger charge is 2.12. The van der Waals surface area contributed by atoms with Gasteiger partial charge in [-0.25, -0.2) is 14.6 Å². The molecule has 9 heteroatoms. The Balaban J connectivity index is 1.33. The van der Waals surface area contributed by atoms with E-state index in [0.717, 1.165) is 16.0 Å². The third kappa shape index (κ3) is 5.50. The molecule has 4 rings (SSSR count). The number of ether oxygens (including phenoxy) is 4. The number of esters is 1. The summed E-state index contributed by atoms with van der Waals surface area (Å²) in [4.78, 5) is 28.0. The van der Waals surface area contributed by atoms with Crippen LogP contribution in [0.15, 0.2) is 63.1 Å². The summed E-state index contributed by atoms with van der Waals surface area (Å²) in [5, 5.41) is 3.36. The van der Waals surface area contributed by atoms with Crippen LogP contribution in [0.25, 0.3) is 21.5 Å². The van der Waals surface area contributed by atoms with Crippen LogP contribution in [-0.4, -0.2) is 31.3 Å². The van der Waals surface area contributed by atoms with Crippen molar-refractivity contribution in [3.05, 3.63) is 70.0 Å². The molecule has 2 heterocycles. The highest BCUT2D eigenvalue weighted by atomic mass is 32.1. The van der Waals surface area contributed by atoms with Crippen LogP contribution in [-0.2, 0) is 16.1 Å². The van der Waals surface area contributed by atoms with Crippen LogP contribution >= 0.6 is 11.3 Å². The standard InChI is InChI=1S/C24H21NO7S/c1-3-29-19-8-5-16(10-21(19)28-2)24-25-17(14-33-24)12-31-23(27)13-30-18-7-4-15-6-9-22(26)32-20(15)11-18/h4-11,14H,3,12-13H2,1-2H3. The van der Waals surface area contributed by atoms with Crippen molar-refractivity contribution in [3.63, 3.8) is 0 Å². The predicted molar refractivity (Wildman–Crippen MR) is 123 cm³/mol. The summed E-state index contributed by atoms with van der Waals surface area (Å²) in [5.41, 5.74) is 1.44. The first-order valence-electron chi connectivity index (χ1n) is 10.1. The molecular formula is C24H21NO7S. The third-order valence-electron chi connectivity index (χ3n) is 4.59. The van der Waals surface area contributed by atoms with E-state index < -0.39 is 11.6 Å². The lowest BCUT2D eigenvalue weighted by Crippen LogP contribution is -2.14. The van der Waals surface area contributed by atoms with Crippen molar-refractivity contribution < 1.29 is 28.2 Å². The Hall–Kier alpha value is -3.85. The first kappa shape index (κ1) is 22.3. The molecule has 0 atom stereocenters. The van der Waals surface area contributed by atoms with E-state index >= 15 is 0 Å². The zero-order valence-corrected chi connectivity index (χ0v) is 18.8. The van der Waals surface area contributed by atoms with Crippen LogP contribution in [0.5, 0.6) is 17.2 Å². The molecule has 0 saturated carbocycles. The molecule has 2 aromatic heterocycles. The second kappa shape index (κ2) is 10.2. The topological polar surface area (TPSA) is 97.1 Å². The van der Waals surface area contributed by atoms with Gasteiger partial charge in [-0.3, -0.25) is 0 Å². The van der Waals surface area contributed by atoms with Gasteiger partial charge in [0.25, 0.3) is 0 Å². The molecule has 0 aliphatic carbocycles. The summed E-state index contributed by atoms with van der Waals surface area (Å²) in [5.74, 6) is 1.15. The molecule has 0 aliphatic heterocycles. The van der Waals surface area contributed by atoms with Gasteiger partial charge in [-0.1, -0.05) is 0 Å². The Morgan fingerprint density at radius 3 is 2.73 bits per heavy atom. The molecule has 0 spiro atoms. The summed E-state index contributed by atoms with van der Waals surface area (Å²) in [6, 6.07) is 13.6. The van der Waals surface area contributed by atoms with Gasteiger partial charge in [0.2, 0.25) is 0 Å². The van der Waals surface area contributed by atoms with E-state index in [2.05, 4.69) is 4.98 Å². The van der Waals surface area contributed by atoms with Gasteiger partial charge in [-0.2, -0.15) is 0 Å². The fourth-order valence-corrected chi connectivity index (χ4v) is 3.85. The predicted octanol–water partition coefficient (Wildman–Crippen LogP) is 4.45. The average Bonchev–Trinajstić information content (AvgIpc) is 3.30. The summed E-state index contributed by atoms with van der Waals surface area (Å²) in [7, 11) is 1.59. The Morgan fingerprint density at radius 1 is 1.06 bits per heavy atom. The van der Waals surface area contributed by atoms with Crippen molar-refractivity contribution in [3.8, 4) is 27.8 Å². The first-order chi connectivity index (χ1) is 16.1. The maximum Gasteiger partial charge on any atom is 0.344 e. The Morgan fingerprint density at radius 2 is 1.91 bits per heavy atom. The normalized spacial score (nSPS) is 10.7. The average molecular weight is 467 g/mol. The van der Waals surface area contributed by atoms with Crippen LogP contribution in [0.4, 0.5) is 0 Å². The van der Waals surface area contributed by atoms with Gasteiger partial charge >= 0.3 is 11.6 Å². The van der Waals surface area contributed by atoms with E-state index in [9.17, 15) is 9.59 Å². The number of thiazole rings is 1. The van der Waals surface area contributed by atoms with E-state index in [1.807, 2.05) is 30.5 Å². The van der Waals surface area contributed by atoms with Crippen LogP contribution in [0.1, 0.15) is 12.6 Å². The van der Waals surface area contributed by atoms with Gasteiger partial charge in [0.05, 0.1) is 19.4 Å². The zero-order valence-electron chi connectivity index (χ0n) is 18.0. The van der Waals surface area contributed by atoms with Crippen molar-refractivity contribution in [1.29, 1.82) is 0 Å². The van der Waals surface area contributed by atoms with Crippen LogP contribution in [0, 0.1) is 0 Å². The SMILES string of the molecule is CCOc1ccc(-c2nc(COC(=O)COc3ccc4ccc(=O)oc4c3)cs2)cc1OC. The van der Waals surface area contributed by atoms with E-state index in [4.69, 9.17) is 23.4 Å². The highest BCUT2D eigenvalue weighted by Crippen LogP contribution is 2.33. The molecule has 170 valence electrons. The monoisotopic (exact) mass is 467 g/mol. The lowest BCUT2D eigenvalue weighted by atomic mass is 10.2. The number of carbonyl (C=O) groups excluding carboxylic acids is 1. The maximum absolute atomic E-state index is 12.1. The number of hydrogen-bond donors (Lipinski definition) is 0. The van der Waals surface area contributed by atoms with Crippen molar-refractivity contribution >= 4 is 28.3 Å². The number of nitrogens with zero attached hydrogens (tertiary/aromatic N) is 1. The van der Waals surface area contributed by atoms with Gasteiger partial charge in [0.1, 0.15) is 22.9 Å². The van der Waals surface area contributed by atoms with Crippen LogP contribution in [0.3, 0.4) is 0 Å². The molecule has 0 bridgehead atoms. The molecule has 0 saturated heterocycles. The number of rotatable bonds is 9. The first-order valence-corrected chi connectivity index (χ1v) is 11.0. The van der Waals surface area contributed by atoms with Gasteiger partial charge < -0.3 is 23.4 Å². The maximum atomic E-state index is 12.1.